The molecule has 4 rings (SSSR count). The monoisotopic (exact) mass is 504 g/mol. The minimum atomic E-state index is -1.78. The van der Waals surface area contributed by atoms with Gasteiger partial charge in [-0.3, -0.25) is 9.34 Å². The fraction of sp³-hybridized carbons (Fsp3) is 0.964. The Morgan fingerprint density at radius 3 is 1.03 bits per heavy atom. The van der Waals surface area contributed by atoms with E-state index in [4.69, 9.17) is 0 Å². The van der Waals surface area contributed by atoms with Gasteiger partial charge in [-0.05, 0) is 51.4 Å². The zero-order chi connectivity index (χ0) is 24.0. The third-order valence-corrected chi connectivity index (χ3v) is 15.9. The molecular weight excluding hydrogens is 451 g/mol. The van der Waals surface area contributed by atoms with E-state index in [2.05, 4.69) is 33.8 Å². The largest absolute Gasteiger partial charge is 0.362 e. The molecule has 4 saturated carbocycles. The zero-order valence-corrected chi connectivity index (χ0v) is 24.6. The lowest BCUT2D eigenvalue weighted by Gasteiger charge is -2.53. The van der Waals surface area contributed by atoms with Crippen LogP contribution in [0.25, 0.3) is 5.53 Å². The predicted octanol–water partition coefficient (Wildman–Crippen LogP) is 8.74. The molecule has 0 radical (unpaired) electrons. The fourth-order valence-electron chi connectivity index (χ4n) is 7.43. The van der Waals surface area contributed by atoms with E-state index in [0.717, 1.165) is 0 Å². The second kappa shape index (κ2) is 13.0. The van der Waals surface area contributed by atoms with Gasteiger partial charge in [0.1, 0.15) is 0 Å². The molecule has 0 aromatic heterocycles. The summed E-state index contributed by atoms with van der Waals surface area (Å²) >= 11 is 0. The average molecular weight is 505 g/mol. The van der Waals surface area contributed by atoms with Crippen molar-refractivity contribution in [2.45, 2.75) is 172 Å². The highest BCUT2D eigenvalue weighted by atomic mass is 31.1. The van der Waals surface area contributed by atoms with Gasteiger partial charge in [0.2, 0.25) is 0 Å². The number of nitrogens with zero attached hydrogens (tertiary/aromatic N) is 4. The van der Waals surface area contributed by atoms with E-state index in [1.165, 1.54) is 133 Å². The van der Waals surface area contributed by atoms with E-state index < -0.39 is 16.3 Å². The highest BCUT2D eigenvalue weighted by Crippen LogP contribution is 2.58. The van der Waals surface area contributed by atoms with Gasteiger partial charge in [0, 0.05) is 24.2 Å². The van der Waals surface area contributed by atoms with Crippen molar-refractivity contribution in [1.82, 2.24) is 9.34 Å². The highest BCUT2D eigenvalue weighted by Gasteiger charge is 2.51. The van der Waals surface area contributed by atoms with E-state index in [-0.39, 0.29) is 0 Å². The Morgan fingerprint density at radius 1 is 0.559 bits per heavy atom. The van der Waals surface area contributed by atoms with E-state index in [1.807, 2.05) is 0 Å². The zero-order valence-electron chi connectivity index (χ0n) is 22.7. The lowest BCUT2D eigenvalue weighted by Crippen LogP contribution is -2.54. The van der Waals surface area contributed by atoms with Crippen LogP contribution >= 0.6 is 8.22 Å². The molecule has 0 heterocycles. The minimum Gasteiger partial charge on any atom is -0.362 e. The molecule has 0 unspecified atom stereocenters. The summed E-state index contributed by atoms with van der Waals surface area (Å²) in [6.45, 7) is 7.33. The predicted molar refractivity (Wildman–Crippen MR) is 150 cm³/mol. The molecule has 4 aliphatic carbocycles. The Kier molecular flexibility index (Phi) is 10.3. The SMILES string of the molecule is C[Si](C)(C)C(=[N+]=[N-])P(N(C1CCCCC1)C1CCCCC1)N(C1CCCCC1)C1CCCCC1. The Hall–Kier alpha value is -0.0531. The van der Waals surface area contributed by atoms with Gasteiger partial charge in [-0.2, -0.15) is 4.79 Å². The molecule has 0 aromatic carbocycles. The van der Waals surface area contributed by atoms with E-state index in [0.29, 0.717) is 24.2 Å². The molecule has 0 N–H and O–H groups in total. The van der Waals surface area contributed by atoms with E-state index in [9.17, 15) is 5.53 Å². The lowest BCUT2D eigenvalue weighted by molar-refractivity contribution is 0.00119. The van der Waals surface area contributed by atoms with Crippen molar-refractivity contribution in [2.75, 3.05) is 0 Å². The van der Waals surface area contributed by atoms with E-state index in [1.54, 1.807) is 0 Å². The van der Waals surface area contributed by atoms with Crippen molar-refractivity contribution < 1.29 is 4.79 Å². The molecule has 0 spiro atoms. The molecule has 0 atom stereocenters. The molecule has 4 aliphatic rings. The van der Waals surface area contributed by atoms with Crippen LogP contribution in [0.3, 0.4) is 0 Å². The van der Waals surface area contributed by atoms with Gasteiger partial charge in [-0.15, -0.1) is 0 Å². The first-order valence-corrected chi connectivity index (χ1v) is 19.8. The highest BCUT2D eigenvalue weighted by molar-refractivity contribution is 7.78. The molecule has 0 amide bonds. The van der Waals surface area contributed by atoms with Crippen LogP contribution in [0, 0.1) is 0 Å². The summed E-state index contributed by atoms with van der Waals surface area (Å²) in [5.41, 5.74) is 10.7. The summed E-state index contributed by atoms with van der Waals surface area (Å²) < 4.78 is 6.17. The molecule has 4 fully saturated rings. The Morgan fingerprint density at radius 2 is 0.824 bits per heavy atom. The van der Waals surface area contributed by atoms with Crippen LogP contribution in [0.2, 0.25) is 19.6 Å². The van der Waals surface area contributed by atoms with Crippen molar-refractivity contribution in [1.29, 1.82) is 0 Å². The molecule has 34 heavy (non-hydrogen) atoms. The summed E-state index contributed by atoms with van der Waals surface area (Å²) in [5.74, 6) is 0. The van der Waals surface area contributed by atoms with E-state index >= 15 is 0 Å². The van der Waals surface area contributed by atoms with Crippen LogP contribution < -0.4 is 0 Å². The topological polar surface area (TPSA) is 42.9 Å². The maximum atomic E-state index is 10.7. The van der Waals surface area contributed by atoms with Crippen LogP contribution in [0.15, 0.2) is 0 Å². The van der Waals surface area contributed by atoms with Crippen molar-refractivity contribution >= 4 is 21.4 Å². The summed E-state index contributed by atoms with van der Waals surface area (Å²) in [6, 6.07) is 2.80. The molecule has 0 aliphatic heterocycles. The van der Waals surface area contributed by atoms with Crippen LogP contribution in [0.5, 0.6) is 0 Å². The first-order valence-electron chi connectivity index (χ1n) is 15.1. The average Bonchev–Trinajstić information content (AvgIpc) is 2.86. The Labute approximate surface area is 213 Å². The Balaban J connectivity index is 1.80. The fourth-order valence-corrected chi connectivity index (χ4v) is 13.7. The first-order chi connectivity index (χ1) is 16.5. The van der Waals surface area contributed by atoms with Gasteiger partial charge in [0.25, 0.3) is 5.08 Å². The quantitative estimate of drug-likeness (QED) is 0.109. The third-order valence-electron chi connectivity index (χ3n) is 9.19. The number of rotatable bonds is 8. The van der Waals surface area contributed by atoms with Gasteiger partial charge in [-0.1, -0.05) is 96.7 Å². The number of hydrogen-bond acceptors (Lipinski definition) is 2. The minimum absolute atomic E-state index is 0.700. The summed E-state index contributed by atoms with van der Waals surface area (Å²) in [5, 5.41) is 1.25. The standard InChI is InChI=1S/C28H53N4PSi/c1-34(2,3)28(30-29)33(31(24-16-8-4-9-17-24)25-18-10-5-11-19-25)32(26-20-12-6-13-21-26)27-22-14-7-15-23-27/h24-27H,4-23H2,1-3H3. The number of hydrogen-bond donors (Lipinski definition) is 0. The van der Waals surface area contributed by atoms with Crippen LogP contribution in [0.4, 0.5) is 0 Å². The third kappa shape index (κ3) is 6.63. The molecule has 4 nitrogen and oxygen atoms in total. The van der Waals surface area contributed by atoms with Crippen molar-refractivity contribution in [2.24, 2.45) is 0 Å². The molecule has 0 bridgehead atoms. The molecule has 194 valence electrons. The van der Waals surface area contributed by atoms with Gasteiger partial charge >= 0.3 is 0 Å². The Bertz CT molecular complexity index is 588. The van der Waals surface area contributed by atoms with Crippen LogP contribution in [-0.4, -0.2) is 51.4 Å². The first kappa shape index (κ1) is 27.0. The molecule has 0 aromatic rings. The maximum absolute atomic E-state index is 10.7. The molecular formula is C28H53N4PSi. The van der Waals surface area contributed by atoms with Gasteiger partial charge < -0.3 is 5.53 Å². The second-order valence-electron chi connectivity index (χ2n) is 12.9. The van der Waals surface area contributed by atoms with Gasteiger partial charge in [0.15, 0.2) is 16.3 Å². The van der Waals surface area contributed by atoms with Crippen LogP contribution in [-0.2, 0) is 0 Å². The maximum Gasteiger partial charge on any atom is 0.284 e. The normalized spacial score (nSPS) is 25.2. The van der Waals surface area contributed by atoms with Crippen molar-refractivity contribution in [3.63, 3.8) is 0 Å². The second-order valence-corrected chi connectivity index (χ2v) is 20.2. The lowest BCUT2D eigenvalue weighted by atomic mass is 9.90. The smallest absolute Gasteiger partial charge is 0.284 e. The van der Waals surface area contributed by atoms with Crippen molar-refractivity contribution in [3.05, 3.63) is 5.53 Å². The summed E-state index contributed by atoms with van der Waals surface area (Å²) in [7, 11) is -2.49. The van der Waals surface area contributed by atoms with Gasteiger partial charge in [-0.25, -0.2) is 0 Å². The van der Waals surface area contributed by atoms with Gasteiger partial charge in [0.05, 0.1) is 0 Å². The van der Waals surface area contributed by atoms with Crippen molar-refractivity contribution in [3.8, 4) is 0 Å². The van der Waals surface area contributed by atoms with Crippen LogP contribution in [0.1, 0.15) is 128 Å². The molecule has 6 heteroatoms. The summed E-state index contributed by atoms with van der Waals surface area (Å²) in [6.07, 6.45) is 27.7. The summed E-state index contributed by atoms with van der Waals surface area (Å²) in [4.78, 5) is 4.30. The molecule has 0 saturated heterocycles.